The topological polar surface area (TPSA) is 72.8 Å². The van der Waals surface area contributed by atoms with Crippen molar-refractivity contribution in [2.24, 2.45) is 0 Å². The molecule has 6 heteroatoms. The quantitative estimate of drug-likeness (QED) is 0.321. The van der Waals surface area contributed by atoms with Gasteiger partial charge in [-0.15, -0.1) is 4.89 Å². The standard InChI is InChI=1S/C8H13O5P/c1-3-7(4-2)5-8(9)12-6-13-14(10)11/h5H,3-4,6H2,1-2H3/p+1. The molecule has 0 spiro atoms. The summed E-state index contributed by atoms with van der Waals surface area (Å²) in [6, 6.07) is 0. The Morgan fingerprint density at radius 1 is 1.43 bits per heavy atom. The summed E-state index contributed by atoms with van der Waals surface area (Å²) >= 11 is 0. The zero-order valence-electron chi connectivity index (χ0n) is 8.23. The van der Waals surface area contributed by atoms with Crippen LogP contribution in [0.4, 0.5) is 0 Å². The third kappa shape index (κ3) is 6.71. The lowest BCUT2D eigenvalue weighted by Crippen LogP contribution is -2.03. The van der Waals surface area contributed by atoms with Crippen molar-refractivity contribution < 1.29 is 23.5 Å². The molecule has 0 saturated heterocycles. The minimum absolute atomic E-state index is 0.498. The van der Waals surface area contributed by atoms with Gasteiger partial charge in [0.15, 0.2) is 0 Å². The number of ether oxygens (including phenoxy) is 1. The monoisotopic (exact) mass is 221 g/mol. The molecule has 0 aliphatic carbocycles. The van der Waals surface area contributed by atoms with Crippen molar-refractivity contribution in [1.29, 1.82) is 0 Å². The average Bonchev–Trinajstić information content (AvgIpc) is 2.13. The maximum Gasteiger partial charge on any atom is 0.698 e. The smallest absolute Gasteiger partial charge is 0.430 e. The van der Waals surface area contributed by atoms with Crippen LogP contribution in [-0.4, -0.2) is 17.7 Å². The van der Waals surface area contributed by atoms with E-state index in [1.165, 1.54) is 6.08 Å². The van der Waals surface area contributed by atoms with E-state index in [-0.39, 0.29) is 0 Å². The summed E-state index contributed by atoms with van der Waals surface area (Å²) < 4.78 is 18.7. The number of esters is 1. The highest BCUT2D eigenvalue weighted by Crippen LogP contribution is 2.13. The fourth-order valence-corrected chi connectivity index (χ4v) is 0.935. The lowest BCUT2D eigenvalue weighted by Gasteiger charge is -1.99. The largest absolute Gasteiger partial charge is 0.698 e. The predicted octanol–water partition coefficient (Wildman–Crippen LogP) is 1.90. The highest BCUT2D eigenvalue weighted by molar-refractivity contribution is 7.32. The summed E-state index contributed by atoms with van der Waals surface area (Å²) in [4.78, 5) is 19.2. The van der Waals surface area contributed by atoms with Gasteiger partial charge in [0.05, 0.1) is 0 Å². The fourth-order valence-electron chi connectivity index (χ4n) is 0.792. The van der Waals surface area contributed by atoms with Gasteiger partial charge in [0.1, 0.15) is 0 Å². The molecule has 0 aromatic carbocycles. The highest BCUT2D eigenvalue weighted by Gasteiger charge is 2.12. The molecular weight excluding hydrogens is 207 g/mol. The van der Waals surface area contributed by atoms with Crippen LogP contribution >= 0.6 is 8.25 Å². The van der Waals surface area contributed by atoms with Gasteiger partial charge in [-0.25, -0.2) is 4.79 Å². The zero-order chi connectivity index (χ0) is 11.0. The molecule has 0 aromatic heterocycles. The Labute approximate surface area is 83.7 Å². The predicted molar refractivity (Wildman–Crippen MR) is 50.5 cm³/mol. The summed E-state index contributed by atoms with van der Waals surface area (Å²) in [6.45, 7) is 3.37. The van der Waals surface area contributed by atoms with Gasteiger partial charge >= 0.3 is 14.2 Å². The first-order valence-corrected chi connectivity index (χ1v) is 5.38. The first kappa shape index (κ1) is 13.2. The van der Waals surface area contributed by atoms with Crippen molar-refractivity contribution in [3.8, 4) is 0 Å². The summed E-state index contributed by atoms with van der Waals surface area (Å²) in [7, 11) is -2.71. The molecular formula is C8H14O5P+. The lowest BCUT2D eigenvalue weighted by atomic mass is 10.1. The first-order chi connectivity index (χ1) is 6.60. The van der Waals surface area contributed by atoms with E-state index in [1.807, 2.05) is 13.8 Å². The van der Waals surface area contributed by atoms with E-state index in [0.29, 0.717) is 0 Å². The highest BCUT2D eigenvalue weighted by atomic mass is 31.1. The van der Waals surface area contributed by atoms with Gasteiger partial charge in [-0.3, -0.25) is 0 Å². The molecule has 0 fully saturated rings. The maximum absolute atomic E-state index is 11.0. The molecule has 0 radical (unpaired) electrons. The SMILES string of the molecule is CCC(=CC(=O)OCO[P+](=O)O)CC. The Balaban J connectivity index is 3.85. The Hall–Kier alpha value is -0.770. The van der Waals surface area contributed by atoms with Crippen LogP contribution in [0.5, 0.6) is 0 Å². The van der Waals surface area contributed by atoms with Crippen LogP contribution in [0.1, 0.15) is 26.7 Å². The first-order valence-electron chi connectivity index (χ1n) is 4.25. The summed E-state index contributed by atoms with van der Waals surface area (Å²) in [6.07, 6.45) is 2.93. The van der Waals surface area contributed by atoms with Crippen molar-refractivity contribution in [2.45, 2.75) is 26.7 Å². The second-order valence-electron chi connectivity index (χ2n) is 2.46. The van der Waals surface area contributed by atoms with Crippen LogP contribution in [0, 0.1) is 0 Å². The van der Waals surface area contributed by atoms with E-state index in [9.17, 15) is 9.36 Å². The fraction of sp³-hybridized carbons (Fsp3) is 0.625. The molecule has 0 rings (SSSR count). The van der Waals surface area contributed by atoms with E-state index in [2.05, 4.69) is 9.26 Å². The Morgan fingerprint density at radius 3 is 2.43 bits per heavy atom. The molecule has 5 nitrogen and oxygen atoms in total. The van der Waals surface area contributed by atoms with Crippen LogP contribution in [-0.2, 0) is 18.6 Å². The molecule has 14 heavy (non-hydrogen) atoms. The van der Waals surface area contributed by atoms with Crippen molar-refractivity contribution >= 4 is 14.2 Å². The van der Waals surface area contributed by atoms with Gasteiger partial charge in [-0.2, -0.15) is 0 Å². The van der Waals surface area contributed by atoms with Gasteiger partial charge in [-0.1, -0.05) is 23.9 Å². The molecule has 80 valence electrons. The van der Waals surface area contributed by atoms with E-state index < -0.39 is 21.0 Å². The number of rotatable bonds is 6. The van der Waals surface area contributed by atoms with Gasteiger partial charge in [0.25, 0.3) is 0 Å². The minimum atomic E-state index is -2.71. The molecule has 0 aliphatic rings. The number of allylic oxidation sites excluding steroid dienone is 1. The number of carbonyl (C=O) groups is 1. The van der Waals surface area contributed by atoms with Gasteiger partial charge in [0.2, 0.25) is 6.79 Å². The van der Waals surface area contributed by atoms with Crippen LogP contribution in [0.25, 0.3) is 0 Å². The molecule has 0 heterocycles. The molecule has 0 aromatic rings. The number of carbonyl (C=O) groups excluding carboxylic acids is 1. The summed E-state index contributed by atoms with van der Waals surface area (Å²) in [5.74, 6) is -0.555. The van der Waals surface area contributed by atoms with Crippen molar-refractivity contribution in [3.63, 3.8) is 0 Å². The van der Waals surface area contributed by atoms with Crippen LogP contribution in [0.2, 0.25) is 0 Å². The molecule has 0 bridgehead atoms. The number of hydrogen-bond donors (Lipinski definition) is 1. The van der Waals surface area contributed by atoms with E-state index in [1.54, 1.807) is 0 Å². The second-order valence-corrected chi connectivity index (χ2v) is 3.19. The summed E-state index contributed by atoms with van der Waals surface area (Å²) in [5, 5.41) is 0. The molecule has 0 aliphatic heterocycles. The van der Waals surface area contributed by atoms with Gasteiger partial charge < -0.3 is 4.74 Å². The molecule has 1 unspecified atom stereocenters. The van der Waals surface area contributed by atoms with Crippen LogP contribution in [0.15, 0.2) is 11.6 Å². The average molecular weight is 221 g/mol. The van der Waals surface area contributed by atoms with E-state index in [0.717, 1.165) is 18.4 Å². The second kappa shape index (κ2) is 7.62. The third-order valence-electron chi connectivity index (χ3n) is 1.59. The Bertz CT molecular complexity index is 230. The van der Waals surface area contributed by atoms with Gasteiger partial charge in [0, 0.05) is 10.6 Å². The van der Waals surface area contributed by atoms with Crippen LogP contribution in [0.3, 0.4) is 0 Å². The zero-order valence-corrected chi connectivity index (χ0v) is 9.12. The normalized spacial score (nSPS) is 10.6. The minimum Gasteiger partial charge on any atom is -0.430 e. The third-order valence-corrected chi connectivity index (χ3v) is 1.92. The maximum atomic E-state index is 11.0. The molecule has 1 atom stereocenters. The molecule has 1 N–H and O–H groups in total. The molecule has 0 saturated carbocycles. The van der Waals surface area contributed by atoms with Crippen LogP contribution < -0.4 is 0 Å². The Kier molecular flexibility index (Phi) is 7.20. The van der Waals surface area contributed by atoms with Crippen molar-refractivity contribution in [3.05, 3.63) is 11.6 Å². The van der Waals surface area contributed by atoms with Gasteiger partial charge in [-0.05, 0) is 12.8 Å². The molecule has 0 amide bonds. The Morgan fingerprint density at radius 2 is 2.00 bits per heavy atom. The summed E-state index contributed by atoms with van der Waals surface area (Å²) in [5.41, 5.74) is 0.961. The van der Waals surface area contributed by atoms with Crippen molar-refractivity contribution in [2.75, 3.05) is 6.79 Å². The van der Waals surface area contributed by atoms with E-state index in [4.69, 9.17) is 4.89 Å². The number of hydrogen-bond acceptors (Lipinski definition) is 4. The van der Waals surface area contributed by atoms with Crippen molar-refractivity contribution in [1.82, 2.24) is 0 Å². The lowest BCUT2D eigenvalue weighted by molar-refractivity contribution is -0.144. The van der Waals surface area contributed by atoms with E-state index >= 15 is 0 Å².